The standard InChI is InChI=1S/C8H12O4/c9-5-1-6(10)8(3-12-4-8)7(11)2-5/h6-7,10-11H,1-4H2/t6-,7-/m1/s1. The maximum absolute atomic E-state index is 11.0. The molecule has 0 amide bonds. The fourth-order valence-corrected chi connectivity index (χ4v) is 1.87. The van der Waals surface area contributed by atoms with Crippen LogP contribution >= 0.6 is 0 Å². The first-order chi connectivity index (χ1) is 5.65. The van der Waals surface area contributed by atoms with Gasteiger partial charge in [0.05, 0.1) is 30.8 Å². The molecule has 68 valence electrons. The van der Waals surface area contributed by atoms with Gasteiger partial charge in [0.1, 0.15) is 5.78 Å². The molecule has 2 aliphatic rings. The van der Waals surface area contributed by atoms with Crippen molar-refractivity contribution in [2.45, 2.75) is 25.0 Å². The van der Waals surface area contributed by atoms with E-state index in [-0.39, 0.29) is 18.6 Å². The van der Waals surface area contributed by atoms with Crippen LogP contribution in [-0.4, -0.2) is 41.4 Å². The van der Waals surface area contributed by atoms with Gasteiger partial charge in [-0.1, -0.05) is 0 Å². The Labute approximate surface area is 70.1 Å². The Morgan fingerprint density at radius 1 is 1.25 bits per heavy atom. The molecule has 12 heavy (non-hydrogen) atoms. The first-order valence-electron chi connectivity index (χ1n) is 4.11. The predicted molar refractivity (Wildman–Crippen MR) is 39.5 cm³/mol. The van der Waals surface area contributed by atoms with E-state index < -0.39 is 17.6 Å². The fourth-order valence-electron chi connectivity index (χ4n) is 1.87. The van der Waals surface area contributed by atoms with Crippen molar-refractivity contribution in [1.82, 2.24) is 0 Å². The molecule has 1 aliphatic heterocycles. The van der Waals surface area contributed by atoms with E-state index in [1.165, 1.54) is 0 Å². The molecule has 0 bridgehead atoms. The largest absolute Gasteiger partial charge is 0.392 e. The van der Waals surface area contributed by atoms with Gasteiger partial charge < -0.3 is 14.9 Å². The quantitative estimate of drug-likeness (QED) is 0.496. The van der Waals surface area contributed by atoms with E-state index in [0.29, 0.717) is 13.2 Å². The first kappa shape index (κ1) is 8.16. The summed E-state index contributed by atoms with van der Waals surface area (Å²) < 4.78 is 4.96. The predicted octanol–water partition coefficient (Wildman–Crippen LogP) is -0.912. The highest BCUT2D eigenvalue weighted by atomic mass is 16.5. The van der Waals surface area contributed by atoms with E-state index in [0.717, 1.165) is 0 Å². The minimum absolute atomic E-state index is 0.0625. The monoisotopic (exact) mass is 172 g/mol. The lowest BCUT2D eigenvalue weighted by molar-refractivity contribution is -0.230. The molecule has 4 nitrogen and oxygen atoms in total. The lowest BCUT2D eigenvalue weighted by Gasteiger charge is -2.50. The number of ether oxygens (including phenoxy) is 1. The van der Waals surface area contributed by atoms with Gasteiger partial charge in [0.25, 0.3) is 0 Å². The van der Waals surface area contributed by atoms with Crippen molar-refractivity contribution in [3.8, 4) is 0 Å². The average molecular weight is 172 g/mol. The summed E-state index contributed by atoms with van der Waals surface area (Å²) >= 11 is 0. The fraction of sp³-hybridized carbons (Fsp3) is 0.875. The molecule has 4 heteroatoms. The van der Waals surface area contributed by atoms with Crippen LogP contribution in [0.5, 0.6) is 0 Å². The van der Waals surface area contributed by atoms with E-state index >= 15 is 0 Å². The van der Waals surface area contributed by atoms with Crippen molar-refractivity contribution >= 4 is 5.78 Å². The third-order valence-corrected chi connectivity index (χ3v) is 2.91. The molecule has 0 aromatic heterocycles. The SMILES string of the molecule is O=C1C[C@@H](O)C2(COC2)[C@H](O)C1. The van der Waals surface area contributed by atoms with Crippen molar-refractivity contribution in [1.29, 1.82) is 0 Å². The van der Waals surface area contributed by atoms with Crippen LogP contribution in [0, 0.1) is 5.41 Å². The number of aliphatic hydroxyl groups excluding tert-OH is 2. The Morgan fingerprint density at radius 3 is 2.08 bits per heavy atom. The van der Waals surface area contributed by atoms with Crippen molar-refractivity contribution in [2.24, 2.45) is 5.41 Å². The summed E-state index contributed by atoms with van der Waals surface area (Å²) in [6, 6.07) is 0. The van der Waals surface area contributed by atoms with Crippen LogP contribution in [0.4, 0.5) is 0 Å². The molecule has 0 radical (unpaired) electrons. The summed E-state index contributed by atoms with van der Waals surface area (Å²) in [4.78, 5) is 11.0. The summed E-state index contributed by atoms with van der Waals surface area (Å²) in [7, 11) is 0. The molecule has 0 aromatic carbocycles. The second kappa shape index (κ2) is 2.52. The molecule has 1 saturated carbocycles. The van der Waals surface area contributed by atoms with Gasteiger partial charge in [-0.05, 0) is 0 Å². The van der Waals surface area contributed by atoms with E-state index in [9.17, 15) is 15.0 Å². The highest BCUT2D eigenvalue weighted by Crippen LogP contribution is 2.41. The molecule has 2 fully saturated rings. The van der Waals surface area contributed by atoms with Crippen molar-refractivity contribution in [3.05, 3.63) is 0 Å². The second-order valence-electron chi connectivity index (χ2n) is 3.70. The van der Waals surface area contributed by atoms with E-state index in [4.69, 9.17) is 4.74 Å². The van der Waals surface area contributed by atoms with Gasteiger partial charge in [0.2, 0.25) is 0 Å². The zero-order valence-electron chi connectivity index (χ0n) is 6.69. The normalized spacial score (nSPS) is 39.7. The summed E-state index contributed by atoms with van der Waals surface area (Å²) in [5.74, 6) is -0.0625. The van der Waals surface area contributed by atoms with E-state index in [1.807, 2.05) is 0 Å². The first-order valence-corrected chi connectivity index (χ1v) is 4.11. The van der Waals surface area contributed by atoms with Crippen LogP contribution in [0.15, 0.2) is 0 Å². The van der Waals surface area contributed by atoms with Gasteiger partial charge in [0.15, 0.2) is 0 Å². The van der Waals surface area contributed by atoms with E-state index in [2.05, 4.69) is 0 Å². The molecule has 2 N–H and O–H groups in total. The highest BCUT2D eigenvalue weighted by Gasteiger charge is 2.54. The Kier molecular flexibility index (Phi) is 1.71. The summed E-state index contributed by atoms with van der Waals surface area (Å²) in [6.45, 7) is 0.755. The van der Waals surface area contributed by atoms with Crippen LogP contribution in [0.25, 0.3) is 0 Å². The Hall–Kier alpha value is -0.450. The zero-order valence-corrected chi connectivity index (χ0v) is 6.69. The number of hydrogen-bond donors (Lipinski definition) is 2. The number of carbonyl (C=O) groups is 1. The smallest absolute Gasteiger partial charge is 0.138 e. The molecular formula is C8H12O4. The zero-order chi connectivity index (χ0) is 8.77. The van der Waals surface area contributed by atoms with Gasteiger partial charge in [-0.2, -0.15) is 0 Å². The molecule has 1 heterocycles. The molecule has 2 rings (SSSR count). The van der Waals surface area contributed by atoms with Gasteiger partial charge >= 0.3 is 0 Å². The molecule has 1 aliphatic carbocycles. The summed E-state index contributed by atoms with van der Waals surface area (Å²) in [5, 5.41) is 19.1. The van der Waals surface area contributed by atoms with Crippen LogP contribution in [0.1, 0.15) is 12.8 Å². The van der Waals surface area contributed by atoms with Gasteiger partial charge in [0, 0.05) is 12.8 Å². The number of ketones is 1. The van der Waals surface area contributed by atoms with Crippen LogP contribution in [0.3, 0.4) is 0 Å². The van der Waals surface area contributed by atoms with Crippen LogP contribution in [0.2, 0.25) is 0 Å². The summed E-state index contributed by atoms with van der Waals surface area (Å²) in [6.07, 6.45) is -1.11. The maximum atomic E-state index is 11.0. The minimum atomic E-state index is -0.720. The maximum Gasteiger partial charge on any atom is 0.138 e. The lowest BCUT2D eigenvalue weighted by Crippen LogP contribution is -2.62. The molecule has 0 aromatic rings. The molecule has 0 unspecified atom stereocenters. The molecule has 1 saturated heterocycles. The Bertz CT molecular complexity index is 193. The van der Waals surface area contributed by atoms with Gasteiger partial charge in [-0.25, -0.2) is 0 Å². The van der Waals surface area contributed by atoms with Gasteiger partial charge in [-0.15, -0.1) is 0 Å². The van der Waals surface area contributed by atoms with Crippen molar-refractivity contribution in [2.75, 3.05) is 13.2 Å². The average Bonchev–Trinajstić information content (AvgIpc) is 1.80. The highest BCUT2D eigenvalue weighted by molar-refractivity contribution is 5.80. The van der Waals surface area contributed by atoms with Crippen LogP contribution in [-0.2, 0) is 9.53 Å². The van der Waals surface area contributed by atoms with Crippen LogP contribution < -0.4 is 0 Å². The third kappa shape index (κ3) is 0.920. The number of aliphatic hydroxyl groups is 2. The van der Waals surface area contributed by atoms with Gasteiger partial charge in [-0.3, -0.25) is 4.79 Å². The van der Waals surface area contributed by atoms with Crippen molar-refractivity contribution in [3.63, 3.8) is 0 Å². The Balaban J connectivity index is 2.16. The minimum Gasteiger partial charge on any atom is -0.392 e. The molecular weight excluding hydrogens is 160 g/mol. The lowest BCUT2D eigenvalue weighted by atomic mass is 9.68. The number of Topliss-reactive ketones (excluding diaryl/α,β-unsaturated/α-hetero) is 1. The Morgan fingerprint density at radius 2 is 1.75 bits per heavy atom. The molecule has 2 atom stereocenters. The van der Waals surface area contributed by atoms with E-state index in [1.54, 1.807) is 0 Å². The number of rotatable bonds is 0. The van der Waals surface area contributed by atoms with Crippen molar-refractivity contribution < 1.29 is 19.7 Å². The number of carbonyl (C=O) groups excluding carboxylic acids is 1. The molecule has 1 spiro atoms. The topological polar surface area (TPSA) is 66.8 Å². The third-order valence-electron chi connectivity index (χ3n) is 2.91. The summed E-state index contributed by atoms with van der Waals surface area (Å²) in [5.41, 5.74) is -0.534. The second-order valence-corrected chi connectivity index (χ2v) is 3.70. The number of hydrogen-bond acceptors (Lipinski definition) is 4.